The summed E-state index contributed by atoms with van der Waals surface area (Å²) in [6, 6.07) is 10.5. The molecule has 32 heavy (non-hydrogen) atoms. The number of carbonyl (C=O) groups is 1. The zero-order chi connectivity index (χ0) is 22.9. The van der Waals surface area contributed by atoms with Gasteiger partial charge < -0.3 is 14.4 Å². The van der Waals surface area contributed by atoms with E-state index in [1.807, 2.05) is 19.1 Å². The molecular weight excluding hydrogens is 426 g/mol. The minimum Gasteiger partial charge on any atom is -0.375 e. The smallest absolute Gasteiger partial charge is 0.375 e. The fourth-order valence-electron chi connectivity index (χ4n) is 4.43. The first-order valence-corrected chi connectivity index (χ1v) is 10.7. The zero-order valence-electron chi connectivity index (χ0n) is 17.8. The summed E-state index contributed by atoms with van der Waals surface area (Å²) in [6.07, 6.45) is -3.57. The predicted molar refractivity (Wildman–Crippen MR) is 110 cm³/mol. The fourth-order valence-corrected chi connectivity index (χ4v) is 4.43. The molecule has 0 N–H and O–H groups in total. The number of alkyl halides is 3. The van der Waals surface area contributed by atoms with Gasteiger partial charge >= 0.3 is 6.18 Å². The van der Waals surface area contributed by atoms with E-state index in [9.17, 15) is 22.4 Å². The molecule has 4 nitrogen and oxygen atoms in total. The van der Waals surface area contributed by atoms with Crippen molar-refractivity contribution in [1.29, 1.82) is 0 Å². The quantitative estimate of drug-likeness (QED) is 0.592. The van der Waals surface area contributed by atoms with Crippen LogP contribution in [0.4, 0.5) is 17.6 Å². The molecule has 2 aliphatic rings. The van der Waals surface area contributed by atoms with Crippen molar-refractivity contribution < 1.29 is 31.8 Å². The average molecular weight is 451 g/mol. The van der Waals surface area contributed by atoms with E-state index in [0.29, 0.717) is 56.9 Å². The van der Waals surface area contributed by atoms with Gasteiger partial charge in [-0.05, 0) is 61.1 Å². The monoisotopic (exact) mass is 451 g/mol. The van der Waals surface area contributed by atoms with Crippen LogP contribution in [0.25, 0.3) is 0 Å². The normalized spacial score (nSPS) is 19.0. The van der Waals surface area contributed by atoms with Crippen molar-refractivity contribution in [3.8, 4) is 0 Å². The molecule has 172 valence electrons. The highest BCUT2D eigenvalue weighted by atomic mass is 19.4. The summed E-state index contributed by atoms with van der Waals surface area (Å²) in [7, 11) is 0. The highest BCUT2D eigenvalue weighted by molar-refractivity contribution is 5.94. The Labute approximate surface area is 184 Å². The summed E-state index contributed by atoms with van der Waals surface area (Å²) in [5.41, 5.74) is 0.392. The molecular formula is C24H25F4NO3. The van der Waals surface area contributed by atoms with Crippen LogP contribution in [0.1, 0.15) is 52.7 Å². The van der Waals surface area contributed by atoms with E-state index in [4.69, 9.17) is 9.47 Å². The maximum atomic E-state index is 13.9. The number of hydrogen-bond donors (Lipinski definition) is 0. The number of halogens is 4. The van der Waals surface area contributed by atoms with E-state index in [2.05, 4.69) is 0 Å². The maximum Gasteiger partial charge on any atom is 0.419 e. The van der Waals surface area contributed by atoms with Gasteiger partial charge in [0.05, 0.1) is 18.8 Å². The van der Waals surface area contributed by atoms with Crippen molar-refractivity contribution in [1.82, 2.24) is 4.90 Å². The van der Waals surface area contributed by atoms with E-state index in [1.54, 1.807) is 17.0 Å². The number of carbonyl (C=O) groups excluding carboxylic acids is 1. The molecule has 0 spiro atoms. The van der Waals surface area contributed by atoms with Crippen molar-refractivity contribution in [3.63, 3.8) is 0 Å². The molecule has 8 heteroatoms. The molecule has 2 saturated heterocycles. The Morgan fingerprint density at radius 3 is 2.28 bits per heavy atom. The number of amides is 1. The summed E-state index contributed by atoms with van der Waals surface area (Å²) in [4.78, 5) is 14.6. The van der Waals surface area contributed by atoms with Crippen molar-refractivity contribution >= 4 is 5.91 Å². The molecule has 2 aliphatic heterocycles. The third kappa shape index (κ3) is 4.38. The van der Waals surface area contributed by atoms with Crippen LogP contribution in [0.3, 0.4) is 0 Å². The van der Waals surface area contributed by atoms with Gasteiger partial charge in [0.15, 0.2) is 0 Å². The molecule has 0 radical (unpaired) electrons. The van der Waals surface area contributed by atoms with Gasteiger partial charge in [-0.3, -0.25) is 4.79 Å². The highest BCUT2D eigenvalue weighted by Gasteiger charge is 2.41. The Bertz CT molecular complexity index is 962. The maximum absolute atomic E-state index is 13.9. The SMILES string of the molecule is CCOC1(c2ccc(C(=O)N3CCC(c4ccc(C(F)(F)F)c(F)c4)CC3)cc2)COC1. The van der Waals surface area contributed by atoms with E-state index >= 15 is 0 Å². The van der Waals surface area contributed by atoms with E-state index < -0.39 is 23.2 Å². The van der Waals surface area contributed by atoms with Gasteiger partial charge in [0, 0.05) is 25.3 Å². The van der Waals surface area contributed by atoms with Crippen LogP contribution in [0.5, 0.6) is 0 Å². The summed E-state index contributed by atoms with van der Waals surface area (Å²) >= 11 is 0. The van der Waals surface area contributed by atoms with Gasteiger partial charge in [-0.2, -0.15) is 13.2 Å². The van der Waals surface area contributed by atoms with Crippen LogP contribution in [0, 0.1) is 5.82 Å². The Morgan fingerprint density at radius 1 is 1.12 bits per heavy atom. The van der Waals surface area contributed by atoms with Crippen molar-refractivity contribution in [3.05, 3.63) is 70.5 Å². The molecule has 1 amide bonds. The predicted octanol–water partition coefficient (Wildman–Crippen LogP) is 5.13. The van der Waals surface area contributed by atoms with Gasteiger partial charge in [0.25, 0.3) is 5.91 Å². The third-order valence-electron chi connectivity index (χ3n) is 6.30. The highest BCUT2D eigenvalue weighted by Crippen LogP contribution is 2.36. The molecule has 2 aromatic carbocycles. The van der Waals surface area contributed by atoms with Crippen LogP contribution in [-0.2, 0) is 21.3 Å². The molecule has 0 aromatic heterocycles. The number of benzene rings is 2. The van der Waals surface area contributed by atoms with Crippen LogP contribution in [-0.4, -0.2) is 43.7 Å². The van der Waals surface area contributed by atoms with Crippen LogP contribution < -0.4 is 0 Å². The first-order valence-electron chi connectivity index (χ1n) is 10.7. The van der Waals surface area contributed by atoms with Crippen LogP contribution >= 0.6 is 0 Å². The van der Waals surface area contributed by atoms with E-state index in [-0.39, 0.29) is 11.8 Å². The van der Waals surface area contributed by atoms with Gasteiger partial charge in [-0.1, -0.05) is 18.2 Å². The lowest BCUT2D eigenvalue weighted by atomic mass is 9.88. The lowest BCUT2D eigenvalue weighted by molar-refractivity contribution is -0.214. The molecule has 2 heterocycles. The molecule has 2 aromatic rings. The number of hydrogen-bond acceptors (Lipinski definition) is 3. The largest absolute Gasteiger partial charge is 0.419 e. The summed E-state index contributed by atoms with van der Waals surface area (Å²) < 4.78 is 63.4. The average Bonchev–Trinajstić information content (AvgIpc) is 2.75. The van der Waals surface area contributed by atoms with Crippen molar-refractivity contribution in [2.45, 2.75) is 37.5 Å². The van der Waals surface area contributed by atoms with Gasteiger partial charge in [0.1, 0.15) is 11.4 Å². The molecule has 0 bridgehead atoms. The molecule has 2 fully saturated rings. The first kappa shape index (κ1) is 22.7. The van der Waals surface area contributed by atoms with Gasteiger partial charge in [0.2, 0.25) is 0 Å². The Morgan fingerprint density at radius 2 is 1.78 bits per heavy atom. The van der Waals surface area contributed by atoms with E-state index in [0.717, 1.165) is 17.7 Å². The summed E-state index contributed by atoms with van der Waals surface area (Å²) in [5.74, 6) is -1.43. The summed E-state index contributed by atoms with van der Waals surface area (Å²) in [6.45, 7) is 4.41. The van der Waals surface area contributed by atoms with Crippen molar-refractivity contribution in [2.24, 2.45) is 0 Å². The van der Waals surface area contributed by atoms with Gasteiger partial charge in [-0.15, -0.1) is 0 Å². The van der Waals surface area contributed by atoms with Gasteiger partial charge in [-0.25, -0.2) is 4.39 Å². The number of piperidine rings is 1. The molecule has 0 atom stereocenters. The topological polar surface area (TPSA) is 38.8 Å². The number of likely N-dealkylation sites (tertiary alicyclic amines) is 1. The fraction of sp³-hybridized carbons (Fsp3) is 0.458. The molecule has 0 aliphatic carbocycles. The lowest BCUT2D eigenvalue weighted by Gasteiger charge is -2.41. The summed E-state index contributed by atoms with van der Waals surface area (Å²) in [5, 5.41) is 0. The third-order valence-corrected chi connectivity index (χ3v) is 6.30. The second-order valence-electron chi connectivity index (χ2n) is 8.30. The Hall–Kier alpha value is -2.45. The first-order chi connectivity index (χ1) is 15.2. The van der Waals surface area contributed by atoms with E-state index in [1.165, 1.54) is 6.07 Å². The van der Waals surface area contributed by atoms with Crippen LogP contribution in [0.2, 0.25) is 0 Å². The lowest BCUT2D eigenvalue weighted by Crippen LogP contribution is -2.49. The zero-order valence-corrected chi connectivity index (χ0v) is 17.8. The standard InChI is InChI=1S/C24H25F4NO3/c1-2-32-23(14-31-15-23)19-6-3-17(4-7-19)22(30)29-11-9-16(10-12-29)18-5-8-20(21(25)13-18)24(26,27)28/h3-8,13,16H,2,9-12,14-15H2,1H3. The molecule has 0 saturated carbocycles. The minimum atomic E-state index is -4.71. The second kappa shape index (κ2) is 8.83. The number of rotatable bonds is 5. The Balaban J connectivity index is 1.38. The number of ether oxygens (including phenoxy) is 2. The number of nitrogens with zero attached hydrogens (tertiary/aromatic N) is 1. The molecule has 0 unspecified atom stereocenters. The minimum absolute atomic E-state index is 0.0807. The van der Waals surface area contributed by atoms with Crippen LogP contribution in [0.15, 0.2) is 42.5 Å². The molecule has 4 rings (SSSR count). The van der Waals surface area contributed by atoms with Crippen molar-refractivity contribution in [2.75, 3.05) is 32.9 Å². The second-order valence-corrected chi connectivity index (χ2v) is 8.30. The Kier molecular flexibility index (Phi) is 6.27.